The summed E-state index contributed by atoms with van der Waals surface area (Å²) in [6.07, 6.45) is 3.70. The van der Waals surface area contributed by atoms with Crippen LogP contribution in [-0.2, 0) is 9.59 Å². The molecule has 0 bridgehead atoms. The van der Waals surface area contributed by atoms with Crippen LogP contribution < -0.4 is 5.32 Å². The molecule has 15 heavy (non-hydrogen) atoms. The lowest BCUT2D eigenvalue weighted by Gasteiger charge is -2.23. The summed E-state index contributed by atoms with van der Waals surface area (Å²) in [5.41, 5.74) is 0. The Balaban J connectivity index is 2.29. The third-order valence-electron chi connectivity index (χ3n) is 2.88. The van der Waals surface area contributed by atoms with E-state index < -0.39 is 0 Å². The summed E-state index contributed by atoms with van der Waals surface area (Å²) in [5, 5.41) is 2.65. The highest BCUT2D eigenvalue weighted by Gasteiger charge is 2.26. The number of nitrogens with zero attached hydrogens (tertiary/aromatic N) is 1. The van der Waals surface area contributed by atoms with E-state index in [1.165, 1.54) is 6.92 Å². The van der Waals surface area contributed by atoms with E-state index in [1.807, 2.05) is 4.90 Å². The Kier molecular flexibility index (Phi) is 4.59. The minimum Gasteiger partial charge on any atom is -0.356 e. The maximum atomic E-state index is 11.8. The largest absolute Gasteiger partial charge is 0.356 e. The van der Waals surface area contributed by atoms with Crippen LogP contribution in [0.15, 0.2) is 0 Å². The molecule has 1 fully saturated rings. The van der Waals surface area contributed by atoms with Crippen molar-refractivity contribution in [1.82, 2.24) is 10.2 Å². The lowest BCUT2D eigenvalue weighted by molar-refractivity contribution is -0.132. The Morgan fingerprint density at radius 1 is 1.47 bits per heavy atom. The minimum atomic E-state index is -0.0729. The lowest BCUT2D eigenvalue weighted by Crippen LogP contribution is -2.37. The molecule has 1 aliphatic heterocycles. The number of carbonyl (C=O) groups excluding carboxylic acids is 2. The third-order valence-corrected chi connectivity index (χ3v) is 2.88. The molecule has 2 amide bonds. The first-order valence-corrected chi connectivity index (χ1v) is 5.69. The summed E-state index contributed by atoms with van der Waals surface area (Å²) in [6, 6.07) is 0.426. The van der Waals surface area contributed by atoms with Crippen molar-refractivity contribution in [3.05, 3.63) is 0 Å². The Hall–Kier alpha value is -1.06. The van der Waals surface area contributed by atoms with Crippen molar-refractivity contribution in [1.29, 1.82) is 0 Å². The van der Waals surface area contributed by atoms with Gasteiger partial charge in [-0.2, -0.15) is 0 Å². The molecule has 86 valence electrons. The molecular weight excluding hydrogens is 192 g/mol. The van der Waals surface area contributed by atoms with E-state index in [4.69, 9.17) is 0 Å². The van der Waals surface area contributed by atoms with Gasteiger partial charge in [-0.15, -0.1) is 0 Å². The number of nitrogens with one attached hydrogen (secondary N) is 1. The van der Waals surface area contributed by atoms with Crippen LogP contribution in [0.1, 0.15) is 39.5 Å². The Morgan fingerprint density at radius 2 is 2.20 bits per heavy atom. The molecule has 0 aromatic carbocycles. The number of likely N-dealkylation sites (tertiary alicyclic amines) is 1. The fourth-order valence-corrected chi connectivity index (χ4v) is 2.08. The monoisotopic (exact) mass is 212 g/mol. The van der Waals surface area contributed by atoms with Gasteiger partial charge in [-0.25, -0.2) is 0 Å². The maximum absolute atomic E-state index is 11.8. The molecular formula is C11H20N2O2. The minimum absolute atomic E-state index is 0.0729. The first-order chi connectivity index (χ1) is 7.15. The van der Waals surface area contributed by atoms with Crippen molar-refractivity contribution in [3.8, 4) is 0 Å². The molecule has 0 aliphatic carbocycles. The van der Waals surface area contributed by atoms with Gasteiger partial charge in [0.25, 0.3) is 0 Å². The average Bonchev–Trinajstić information content (AvgIpc) is 2.64. The van der Waals surface area contributed by atoms with Gasteiger partial charge in [-0.3, -0.25) is 9.59 Å². The second-order valence-corrected chi connectivity index (χ2v) is 4.02. The maximum Gasteiger partial charge on any atom is 0.224 e. The zero-order valence-corrected chi connectivity index (χ0v) is 9.58. The first-order valence-electron chi connectivity index (χ1n) is 5.69. The number of hydrogen-bond acceptors (Lipinski definition) is 2. The second kappa shape index (κ2) is 5.73. The normalized spacial score (nSPS) is 20.4. The van der Waals surface area contributed by atoms with Crippen molar-refractivity contribution in [2.45, 2.75) is 45.6 Å². The molecule has 0 spiro atoms. The highest BCUT2D eigenvalue weighted by atomic mass is 16.2. The summed E-state index contributed by atoms with van der Waals surface area (Å²) in [5.74, 6) is 0.101. The van der Waals surface area contributed by atoms with Crippen LogP contribution in [0, 0.1) is 0 Å². The molecule has 0 aromatic rings. The van der Waals surface area contributed by atoms with Crippen molar-refractivity contribution in [2.24, 2.45) is 0 Å². The van der Waals surface area contributed by atoms with Crippen LogP contribution in [0.3, 0.4) is 0 Å². The van der Waals surface area contributed by atoms with Crippen LogP contribution in [0.25, 0.3) is 0 Å². The number of amides is 2. The van der Waals surface area contributed by atoms with Crippen LogP contribution in [-0.4, -0.2) is 35.8 Å². The van der Waals surface area contributed by atoms with Gasteiger partial charge < -0.3 is 10.2 Å². The highest BCUT2D eigenvalue weighted by molar-refractivity contribution is 5.78. The summed E-state index contributed by atoms with van der Waals surface area (Å²) in [7, 11) is 0. The quantitative estimate of drug-likeness (QED) is 0.753. The average molecular weight is 212 g/mol. The molecule has 0 aromatic heterocycles. The Labute approximate surface area is 91.0 Å². The van der Waals surface area contributed by atoms with Gasteiger partial charge >= 0.3 is 0 Å². The van der Waals surface area contributed by atoms with Crippen molar-refractivity contribution < 1.29 is 9.59 Å². The molecule has 1 rings (SSSR count). The first kappa shape index (κ1) is 12.0. The number of rotatable bonds is 4. The van der Waals surface area contributed by atoms with Crippen LogP contribution in [0.4, 0.5) is 0 Å². The summed E-state index contributed by atoms with van der Waals surface area (Å²) < 4.78 is 0. The second-order valence-electron chi connectivity index (χ2n) is 4.02. The van der Waals surface area contributed by atoms with Gasteiger partial charge in [0.1, 0.15) is 0 Å². The van der Waals surface area contributed by atoms with Crippen LogP contribution in [0.2, 0.25) is 0 Å². The fraction of sp³-hybridized carbons (Fsp3) is 0.818. The van der Waals surface area contributed by atoms with Crippen molar-refractivity contribution in [2.75, 3.05) is 13.1 Å². The molecule has 0 radical (unpaired) electrons. The fourth-order valence-electron chi connectivity index (χ4n) is 2.08. The van der Waals surface area contributed by atoms with E-state index in [-0.39, 0.29) is 11.8 Å². The van der Waals surface area contributed by atoms with E-state index >= 15 is 0 Å². The standard InChI is InChI=1S/C11H20N2O2/c1-3-10-5-4-8-13(10)11(15)6-7-12-9(2)14/h10H,3-8H2,1-2H3,(H,12,14). The summed E-state index contributed by atoms with van der Waals surface area (Å²) in [6.45, 7) is 4.93. The number of hydrogen-bond donors (Lipinski definition) is 1. The van der Waals surface area contributed by atoms with Gasteiger partial charge in [0, 0.05) is 32.5 Å². The van der Waals surface area contributed by atoms with E-state index in [2.05, 4.69) is 12.2 Å². The molecule has 1 heterocycles. The van der Waals surface area contributed by atoms with Gasteiger partial charge in [0.05, 0.1) is 0 Å². The van der Waals surface area contributed by atoms with Crippen LogP contribution in [0.5, 0.6) is 0 Å². The van der Waals surface area contributed by atoms with Gasteiger partial charge in [-0.1, -0.05) is 6.92 Å². The van der Waals surface area contributed by atoms with Crippen molar-refractivity contribution >= 4 is 11.8 Å². The third kappa shape index (κ3) is 3.53. The molecule has 1 aliphatic rings. The predicted molar refractivity (Wildman–Crippen MR) is 58.3 cm³/mol. The topological polar surface area (TPSA) is 49.4 Å². The Morgan fingerprint density at radius 3 is 2.80 bits per heavy atom. The smallest absolute Gasteiger partial charge is 0.224 e. The van der Waals surface area contributed by atoms with E-state index in [0.29, 0.717) is 19.0 Å². The molecule has 4 heteroatoms. The molecule has 1 atom stereocenters. The zero-order chi connectivity index (χ0) is 11.3. The van der Waals surface area contributed by atoms with Gasteiger partial charge in [0.2, 0.25) is 11.8 Å². The molecule has 0 saturated carbocycles. The van der Waals surface area contributed by atoms with Gasteiger partial charge in [0.15, 0.2) is 0 Å². The van der Waals surface area contributed by atoms with Crippen molar-refractivity contribution in [3.63, 3.8) is 0 Å². The molecule has 1 saturated heterocycles. The Bertz CT molecular complexity index is 241. The highest BCUT2D eigenvalue weighted by Crippen LogP contribution is 2.20. The van der Waals surface area contributed by atoms with E-state index in [9.17, 15) is 9.59 Å². The zero-order valence-electron chi connectivity index (χ0n) is 9.58. The predicted octanol–water partition coefficient (Wildman–Crippen LogP) is 0.914. The van der Waals surface area contributed by atoms with E-state index in [1.54, 1.807) is 0 Å². The van der Waals surface area contributed by atoms with Gasteiger partial charge in [-0.05, 0) is 19.3 Å². The molecule has 4 nitrogen and oxygen atoms in total. The lowest BCUT2D eigenvalue weighted by atomic mass is 10.1. The summed E-state index contributed by atoms with van der Waals surface area (Å²) in [4.78, 5) is 24.4. The van der Waals surface area contributed by atoms with E-state index in [0.717, 1.165) is 25.8 Å². The number of carbonyl (C=O) groups is 2. The SMILES string of the molecule is CCC1CCCN1C(=O)CCNC(C)=O. The van der Waals surface area contributed by atoms with Crippen LogP contribution >= 0.6 is 0 Å². The summed E-state index contributed by atoms with van der Waals surface area (Å²) >= 11 is 0. The molecule has 1 N–H and O–H groups in total. The molecule has 1 unspecified atom stereocenters.